The molecule has 0 saturated carbocycles. The highest BCUT2D eigenvalue weighted by Gasteiger charge is 2.18. The van der Waals surface area contributed by atoms with Gasteiger partial charge in [-0.1, -0.05) is 41.9 Å². The third-order valence-corrected chi connectivity index (χ3v) is 5.34. The molecule has 3 rings (SSSR count). The van der Waals surface area contributed by atoms with Gasteiger partial charge in [-0.15, -0.1) is 11.3 Å². The third-order valence-electron chi connectivity index (χ3n) is 3.42. The summed E-state index contributed by atoms with van der Waals surface area (Å²) < 4.78 is 23.0. The van der Waals surface area contributed by atoms with Crippen molar-refractivity contribution in [2.24, 2.45) is 0 Å². The summed E-state index contributed by atoms with van der Waals surface area (Å²) in [6.07, 6.45) is 0. The molecule has 3 nitrogen and oxygen atoms in total. The van der Waals surface area contributed by atoms with E-state index in [1.165, 1.54) is 15.6 Å². The Labute approximate surface area is 146 Å². The van der Waals surface area contributed by atoms with E-state index in [1.54, 1.807) is 0 Å². The summed E-state index contributed by atoms with van der Waals surface area (Å²) in [6, 6.07) is 17.0. The number of hydrogen-bond acceptors (Lipinski definition) is 2. The minimum atomic E-state index is -2.15. The van der Waals surface area contributed by atoms with E-state index in [0.29, 0.717) is 16.4 Å². The number of nitrogens with zero attached hydrogens (tertiary/aromatic N) is 1. The van der Waals surface area contributed by atoms with Gasteiger partial charge in [0.15, 0.2) is 0 Å². The van der Waals surface area contributed by atoms with Crippen LogP contribution < -0.4 is 4.31 Å². The SMILES string of the molecule is Cc1ccccc1N(c1csc(-c2cccc(Cl)c2)c1)S(=O)O. The molecule has 0 aliphatic heterocycles. The maximum atomic E-state index is 11.9. The number of thiophene rings is 1. The van der Waals surface area contributed by atoms with Crippen molar-refractivity contribution in [3.63, 3.8) is 0 Å². The van der Waals surface area contributed by atoms with Crippen LogP contribution in [0.2, 0.25) is 5.02 Å². The van der Waals surface area contributed by atoms with Crippen LogP contribution in [0.25, 0.3) is 10.4 Å². The van der Waals surface area contributed by atoms with Crippen LogP contribution in [0.15, 0.2) is 60.0 Å². The highest BCUT2D eigenvalue weighted by atomic mass is 35.5. The summed E-state index contributed by atoms with van der Waals surface area (Å²) in [4.78, 5) is 0.992. The lowest BCUT2D eigenvalue weighted by Crippen LogP contribution is -2.19. The summed E-state index contributed by atoms with van der Waals surface area (Å²) in [7, 11) is 0. The maximum absolute atomic E-state index is 11.9. The van der Waals surface area contributed by atoms with E-state index in [4.69, 9.17) is 11.6 Å². The number of aryl methyl sites for hydroxylation is 1. The van der Waals surface area contributed by atoms with E-state index >= 15 is 0 Å². The Morgan fingerprint density at radius 3 is 2.61 bits per heavy atom. The lowest BCUT2D eigenvalue weighted by Gasteiger charge is -2.20. The van der Waals surface area contributed by atoms with E-state index in [0.717, 1.165) is 16.0 Å². The molecule has 6 heteroatoms. The van der Waals surface area contributed by atoms with Gasteiger partial charge in [-0.25, -0.2) is 8.51 Å². The number of para-hydroxylation sites is 1. The maximum Gasteiger partial charge on any atom is 0.266 e. The van der Waals surface area contributed by atoms with Crippen LogP contribution in [0, 0.1) is 6.92 Å². The molecule has 2 aromatic carbocycles. The molecule has 1 heterocycles. The van der Waals surface area contributed by atoms with Crippen LogP contribution in [0.5, 0.6) is 0 Å². The minimum Gasteiger partial charge on any atom is -0.289 e. The Morgan fingerprint density at radius 2 is 1.91 bits per heavy atom. The summed E-state index contributed by atoms with van der Waals surface area (Å²) in [5.74, 6) is 0. The van der Waals surface area contributed by atoms with Gasteiger partial charge < -0.3 is 0 Å². The predicted molar refractivity (Wildman–Crippen MR) is 98.9 cm³/mol. The zero-order valence-corrected chi connectivity index (χ0v) is 14.7. The van der Waals surface area contributed by atoms with Gasteiger partial charge in [-0.2, -0.15) is 0 Å². The lowest BCUT2D eigenvalue weighted by molar-refractivity contribution is 0.564. The fourth-order valence-corrected chi connectivity index (χ4v) is 4.12. The highest BCUT2D eigenvalue weighted by Crippen LogP contribution is 2.37. The molecule has 1 aromatic heterocycles. The van der Waals surface area contributed by atoms with Crippen molar-refractivity contribution in [2.45, 2.75) is 6.92 Å². The van der Waals surface area contributed by atoms with Crippen LogP contribution in [0.4, 0.5) is 11.4 Å². The summed E-state index contributed by atoms with van der Waals surface area (Å²) >= 11 is 5.40. The van der Waals surface area contributed by atoms with Crippen LogP contribution in [-0.2, 0) is 11.3 Å². The topological polar surface area (TPSA) is 40.5 Å². The Kier molecular flexibility index (Phi) is 4.82. The van der Waals surface area contributed by atoms with Crippen molar-refractivity contribution in [1.82, 2.24) is 0 Å². The molecule has 0 radical (unpaired) electrons. The average Bonchev–Trinajstić information content (AvgIpc) is 2.99. The molecule has 0 aliphatic carbocycles. The molecule has 1 atom stereocenters. The first kappa shape index (κ1) is 16.2. The van der Waals surface area contributed by atoms with Gasteiger partial charge in [0.05, 0.1) is 11.4 Å². The fourth-order valence-electron chi connectivity index (χ4n) is 2.33. The van der Waals surface area contributed by atoms with E-state index in [1.807, 2.05) is 66.9 Å². The Bertz CT molecular complexity index is 863. The van der Waals surface area contributed by atoms with Crippen molar-refractivity contribution in [3.05, 3.63) is 70.6 Å². The van der Waals surface area contributed by atoms with Crippen LogP contribution in [-0.4, -0.2) is 8.76 Å². The van der Waals surface area contributed by atoms with Crippen molar-refractivity contribution in [2.75, 3.05) is 4.31 Å². The first-order valence-corrected chi connectivity index (χ1v) is 9.19. The molecule has 1 N–H and O–H groups in total. The van der Waals surface area contributed by atoms with Crippen molar-refractivity contribution in [1.29, 1.82) is 0 Å². The molecular weight excluding hydrogens is 350 g/mol. The Morgan fingerprint density at radius 1 is 1.13 bits per heavy atom. The molecule has 118 valence electrons. The molecule has 23 heavy (non-hydrogen) atoms. The Hall–Kier alpha value is -1.66. The smallest absolute Gasteiger partial charge is 0.266 e. The van der Waals surface area contributed by atoms with Gasteiger partial charge in [-0.05, 0) is 42.3 Å². The molecule has 0 amide bonds. The van der Waals surface area contributed by atoms with E-state index < -0.39 is 11.3 Å². The zero-order valence-electron chi connectivity index (χ0n) is 12.3. The number of halogens is 1. The number of hydrogen-bond donors (Lipinski definition) is 1. The highest BCUT2D eigenvalue weighted by molar-refractivity contribution is 7.81. The molecule has 3 aromatic rings. The monoisotopic (exact) mass is 363 g/mol. The second-order valence-electron chi connectivity index (χ2n) is 4.99. The second kappa shape index (κ2) is 6.84. The van der Waals surface area contributed by atoms with Gasteiger partial charge in [0.2, 0.25) is 0 Å². The summed E-state index contributed by atoms with van der Waals surface area (Å²) in [6.45, 7) is 1.92. The van der Waals surface area contributed by atoms with E-state index in [-0.39, 0.29) is 0 Å². The van der Waals surface area contributed by atoms with Gasteiger partial charge >= 0.3 is 0 Å². The van der Waals surface area contributed by atoms with Crippen LogP contribution in [0.3, 0.4) is 0 Å². The van der Waals surface area contributed by atoms with E-state index in [9.17, 15) is 8.76 Å². The first-order valence-electron chi connectivity index (χ1n) is 6.87. The van der Waals surface area contributed by atoms with Gasteiger partial charge in [0.25, 0.3) is 11.3 Å². The summed E-state index contributed by atoms with van der Waals surface area (Å²) in [5.41, 5.74) is 3.32. The van der Waals surface area contributed by atoms with Crippen LogP contribution in [0.1, 0.15) is 5.56 Å². The molecule has 0 spiro atoms. The molecule has 0 saturated heterocycles. The molecule has 0 aliphatic rings. The molecule has 0 bridgehead atoms. The largest absolute Gasteiger partial charge is 0.289 e. The zero-order chi connectivity index (χ0) is 16.4. The number of anilines is 2. The van der Waals surface area contributed by atoms with Gasteiger partial charge in [-0.3, -0.25) is 4.55 Å². The molecule has 0 fully saturated rings. The van der Waals surface area contributed by atoms with Gasteiger partial charge in [0, 0.05) is 15.3 Å². The van der Waals surface area contributed by atoms with Crippen LogP contribution >= 0.6 is 22.9 Å². The fraction of sp³-hybridized carbons (Fsp3) is 0.0588. The Balaban J connectivity index is 2.03. The van der Waals surface area contributed by atoms with Crippen molar-refractivity contribution < 1.29 is 8.76 Å². The lowest BCUT2D eigenvalue weighted by atomic mass is 10.2. The van der Waals surface area contributed by atoms with Crippen molar-refractivity contribution >= 4 is 45.6 Å². The molecular formula is C17H14ClNO2S2. The second-order valence-corrected chi connectivity index (χ2v) is 7.17. The number of rotatable bonds is 4. The van der Waals surface area contributed by atoms with Crippen molar-refractivity contribution in [3.8, 4) is 10.4 Å². The normalized spacial score (nSPS) is 12.1. The average molecular weight is 364 g/mol. The first-order chi connectivity index (χ1) is 11.1. The molecule has 1 unspecified atom stereocenters. The standard InChI is InChI=1S/C17H14ClNO2S2/c1-12-5-2-3-8-16(12)19(23(20)21)15-10-17(22-11-15)13-6-4-7-14(18)9-13/h2-11H,1H3,(H,20,21). The van der Waals surface area contributed by atoms with E-state index in [2.05, 4.69) is 0 Å². The minimum absolute atomic E-state index is 0.666. The number of benzene rings is 2. The third kappa shape index (κ3) is 3.48. The van der Waals surface area contributed by atoms with Gasteiger partial charge in [0.1, 0.15) is 0 Å². The predicted octanol–water partition coefficient (Wildman–Crippen LogP) is 5.65. The summed E-state index contributed by atoms with van der Waals surface area (Å²) in [5, 5.41) is 2.54. The quantitative estimate of drug-likeness (QED) is 0.608.